The van der Waals surface area contributed by atoms with Crippen molar-refractivity contribution in [2.75, 3.05) is 5.32 Å². The number of carbonyl (C=O) groups excluding carboxylic acids is 1. The van der Waals surface area contributed by atoms with E-state index in [0.29, 0.717) is 22.8 Å². The molecule has 0 aliphatic carbocycles. The van der Waals surface area contributed by atoms with E-state index in [0.717, 1.165) is 22.1 Å². The minimum absolute atomic E-state index is 0.0664. The third-order valence-corrected chi connectivity index (χ3v) is 5.51. The first-order chi connectivity index (χ1) is 16.8. The van der Waals surface area contributed by atoms with Gasteiger partial charge in [-0.05, 0) is 42.5 Å². The average Bonchev–Trinajstić information content (AvgIpc) is 3.48. The largest absolute Gasteiger partial charge is 0.356 e. The Kier molecular flexibility index (Phi) is 4.80. The molecule has 0 bridgehead atoms. The van der Waals surface area contributed by atoms with E-state index in [2.05, 4.69) is 35.6 Å². The smallest absolute Gasteiger partial charge is 0.234 e. The van der Waals surface area contributed by atoms with Crippen molar-refractivity contribution in [3.63, 3.8) is 0 Å². The molecule has 1 aliphatic rings. The zero-order valence-electron chi connectivity index (χ0n) is 17.8. The summed E-state index contributed by atoms with van der Waals surface area (Å²) in [5, 5.41) is 15.4. The van der Waals surface area contributed by atoms with E-state index in [9.17, 15) is 4.79 Å². The number of H-pyrrole nitrogens is 1. The molecule has 10 heteroatoms. The zero-order valence-corrected chi connectivity index (χ0v) is 17.8. The van der Waals surface area contributed by atoms with Gasteiger partial charge in [0.05, 0.1) is 17.6 Å². The molecule has 2 N–H and O–H groups in total. The Hall–Kier alpha value is -4.86. The summed E-state index contributed by atoms with van der Waals surface area (Å²) in [5.74, 6) is 0.457. The first-order valence-electron chi connectivity index (χ1n) is 10.6. The molecular formula is C24H18N8O2. The molecule has 1 aliphatic heterocycles. The summed E-state index contributed by atoms with van der Waals surface area (Å²) < 4.78 is 5.53. The highest BCUT2D eigenvalue weighted by Gasteiger charge is 2.26. The minimum atomic E-state index is -0.509. The third-order valence-electron chi connectivity index (χ3n) is 5.51. The van der Waals surface area contributed by atoms with Gasteiger partial charge in [-0.15, -0.1) is 0 Å². The number of carbonyl (C=O) groups is 1. The molecule has 34 heavy (non-hydrogen) atoms. The number of nitrogens with one attached hydrogen (secondary N) is 2. The molecule has 1 amide bonds. The van der Waals surface area contributed by atoms with Gasteiger partial charge in [0.2, 0.25) is 5.91 Å². The molecule has 1 aromatic carbocycles. The number of hydrogen-bond donors (Lipinski definition) is 2. The number of hydrogen-bond acceptors (Lipinski definition) is 8. The van der Waals surface area contributed by atoms with Gasteiger partial charge in [0, 0.05) is 41.9 Å². The fraction of sp³-hybridized carbons (Fsp3) is 0.0833. The van der Waals surface area contributed by atoms with Crippen LogP contribution in [0.15, 0.2) is 82.7 Å². The van der Waals surface area contributed by atoms with Crippen LogP contribution in [0.1, 0.15) is 17.6 Å². The lowest BCUT2D eigenvalue weighted by atomic mass is 10.1. The van der Waals surface area contributed by atoms with Crippen molar-refractivity contribution < 1.29 is 9.32 Å². The van der Waals surface area contributed by atoms with E-state index in [-0.39, 0.29) is 12.3 Å². The van der Waals surface area contributed by atoms with Crippen LogP contribution in [0.2, 0.25) is 0 Å². The van der Waals surface area contributed by atoms with E-state index >= 15 is 0 Å². The van der Waals surface area contributed by atoms with Crippen molar-refractivity contribution in [1.82, 2.24) is 30.2 Å². The Labute approximate surface area is 193 Å². The van der Waals surface area contributed by atoms with Gasteiger partial charge in [0.1, 0.15) is 11.2 Å². The first kappa shape index (κ1) is 19.8. The summed E-state index contributed by atoms with van der Waals surface area (Å²) in [4.78, 5) is 27.8. The quantitative estimate of drug-likeness (QED) is 0.416. The van der Waals surface area contributed by atoms with Gasteiger partial charge in [0.25, 0.3) is 0 Å². The SMILES string of the molecule is O=C(Cc1noc2cc(Nc3n[nH]c4cccnc34)ccc12)N1C=CC=NC1c1ccccn1. The second-order valence-electron chi connectivity index (χ2n) is 7.68. The molecule has 1 atom stereocenters. The number of aliphatic imine (C=N–C) groups is 1. The highest BCUT2D eigenvalue weighted by Crippen LogP contribution is 2.28. The maximum atomic E-state index is 13.2. The fourth-order valence-electron chi connectivity index (χ4n) is 3.89. The number of anilines is 2. The Bertz CT molecular complexity index is 1550. The van der Waals surface area contributed by atoms with E-state index in [1.165, 1.54) is 0 Å². The molecule has 0 radical (unpaired) electrons. The topological polar surface area (TPSA) is 125 Å². The van der Waals surface area contributed by atoms with Gasteiger partial charge < -0.3 is 9.84 Å². The van der Waals surface area contributed by atoms with Gasteiger partial charge in [-0.1, -0.05) is 11.2 Å². The maximum absolute atomic E-state index is 13.2. The van der Waals surface area contributed by atoms with Crippen LogP contribution in [0.5, 0.6) is 0 Å². The number of amides is 1. The van der Waals surface area contributed by atoms with Crippen LogP contribution >= 0.6 is 0 Å². The van der Waals surface area contributed by atoms with Crippen LogP contribution in [0, 0.1) is 0 Å². The molecule has 0 spiro atoms. The maximum Gasteiger partial charge on any atom is 0.234 e. The van der Waals surface area contributed by atoms with Crippen LogP contribution in [0.3, 0.4) is 0 Å². The Morgan fingerprint density at radius 3 is 2.97 bits per heavy atom. The summed E-state index contributed by atoms with van der Waals surface area (Å²) in [5.41, 5.74) is 4.16. The molecule has 0 fully saturated rings. The monoisotopic (exact) mass is 450 g/mol. The number of benzene rings is 1. The lowest BCUT2D eigenvalue weighted by Crippen LogP contribution is -2.32. The molecule has 1 unspecified atom stereocenters. The molecule has 5 heterocycles. The number of fused-ring (bicyclic) bond motifs is 2. The van der Waals surface area contributed by atoms with Gasteiger partial charge in [0.15, 0.2) is 17.6 Å². The zero-order chi connectivity index (χ0) is 22.9. The van der Waals surface area contributed by atoms with E-state index < -0.39 is 6.17 Å². The highest BCUT2D eigenvalue weighted by atomic mass is 16.5. The van der Waals surface area contributed by atoms with E-state index in [1.807, 2.05) is 48.5 Å². The highest BCUT2D eigenvalue weighted by molar-refractivity contribution is 5.91. The lowest BCUT2D eigenvalue weighted by Gasteiger charge is -2.27. The van der Waals surface area contributed by atoms with Crippen molar-refractivity contribution in [2.24, 2.45) is 4.99 Å². The van der Waals surface area contributed by atoms with Crippen molar-refractivity contribution in [3.8, 4) is 0 Å². The summed E-state index contributed by atoms with van der Waals surface area (Å²) in [6.45, 7) is 0. The summed E-state index contributed by atoms with van der Waals surface area (Å²) in [6.07, 6.45) is 8.06. The number of rotatable bonds is 5. The Morgan fingerprint density at radius 2 is 2.06 bits per heavy atom. The average molecular weight is 450 g/mol. The van der Waals surface area contributed by atoms with Gasteiger partial charge in [-0.2, -0.15) is 5.10 Å². The van der Waals surface area contributed by atoms with Crippen molar-refractivity contribution in [3.05, 3.63) is 84.6 Å². The second kappa shape index (κ2) is 8.24. The van der Waals surface area contributed by atoms with Crippen molar-refractivity contribution in [1.29, 1.82) is 0 Å². The molecule has 0 saturated heterocycles. The molecule has 6 rings (SSSR count). The first-order valence-corrected chi connectivity index (χ1v) is 10.6. The molecule has 166 valence electrons. The molecule has 4 aromatic heterocycles. The minimum Gasteiger partial charge on any atom is -0.356 e. The van der Waals surface area contributed by atoms with Crippen molar-refractivity contribution >= 4 is 45.6 Å². The predicted octanol–water partition coefficient (Wildman–Crippen LogP) is 3.91. The van der Waals surface area contributed by atoms with Gasteiger partial charge in [-0.25, -0.2) is 0 Å². The number of allylic oxidation sites excluding steroid dienone is 1. The van der Waals surface area contributed by atoms with E-state index in [4.69, 9.17) is 4.52 Å². The normalized spacial score (nSPS) is 15.3. The summed E-state index contributed by atoms with van der Waals surface area (Å²) in [6, 6.07) is 14.9. The Balaban J connectivity index is 1.23. The third kappa shape index (κ3) is 3.56. The van der Waals surface area contributed by atoms with Crippen molar-refractivity contribution in [2.45, 2.75) is 12.6 Å². The summed E-state index contributed by atoms with van der Waals surface area (Å²) in [7, 11) is 0. The number of aromatic nitrogens is 5. The number of pyridine rings is 2. The summed E-state index contributed by atoms with van der Waals surface area (Å²) >= 11 is 0. The van der Waals surface area contributed by atoms with Crippen LogP contribution in [-0.2, 0) is 11.2 Å². The van der Waals surface area contributed by atoms with Crippen LogP contribution < -0.4 is 5.32 Å². The molecule has 0 saturated carbocycles. The van der Waals surface area contributed by atoms with Crippen LogP contribution in [0.4, 0.5) is 11.5 Å². The van der Waals surface area contributed by atoms with Gasteiger partial charge >= 0.3 is 0 Å². The molecular weight excluding hydrogens is 432 g/mol. The van der Waals surface area contributed by atoms with Crippen LogP contribution in [-0.4, -0.2) is 42.3 Å². The second-order valence-corrected chi connectivity index (χ2v) is 7.68. The van der Waals surface area contributed by atoms with Crippen LogP contribution in [0.25, 0.3) is 22.0 Å². The molecule has 10 nitrogen and oxygen atoms in total. The molecule has 5 aromatic rings. The Morgan fingerprint density at radius 1 is 1.12 bits per heavy atom. The van der Waals surface area contributed by atoms with Gasteiger partial charge in [-0.3, -0.25) is 29.8 Å². The standard InChI is InChI=1S/C24H18N8O2/c33-21(32-12-4-11-27-24(32)18-5-1-2-9-25-18)14-19-16-8-7-15(13-20(16)34-31-19)28-23-22-17(29-30-23)6-3-10-26-22/h1-13,24H,14H2,(H2,28,29,30). The fourth-order valence-corrected chi connectivity index (χ4v) is 3.89. The van der Waals surface area contributed by atoms with E-state index in [1.54, 1.807) is 35.8 Å². The number of nitrogens with zero attached hydrogens (tertiary/aromatic N) is 6. The predicted molar refractivity (Wildman–Crippen MR) is 126 cm³/mol. The number of aromatic amines is 1. The lowest BCUT2D eigenvalue weighted by molar-refractivity contribution is -0.130.